The predicted octanol–water partition coefficient (Wildman–Crippen LogP) is -0.954. The van der Waals surface area contributed by atoms with Crippen LogP contribution in [0, 0.1) is 0 Å². The van der Waals surface area contributed by atoms with Crippen molar-refractivity contribution in [3.8, 4) is 0 Å². The minimum atomic E-state index is -1.11. The average Bonchev–Trinajstić information content (AvgIpc) is 2.55. The number of aliphatic carboxylic acids is 1. The summed E-state index contributed by atoms with van der Waals surface area (Å²) in [4.78, 5) is 21.9. The molecule has 142 valence electrons. The molecule has 0 saturated carbocycles. The molecule has 0 aliphatic carbocycles. The molecule has 0 radical (unpaired) electrons. The summed E-state index contributed by atoms with van der Waals surface area (Å²) in [5.74, 6) is -1.46. The standard InChI is InChI=1S/C15H28O9/c16-7-3-4-12(19)13(23-9-11(18)8-17)10-24-15(22)6-2-1-5-14(20)21/h11-13,16-19H,1-10H2,(H,20,21). The zero-order valence-electron chi connectivity index (χ0n) is 13.7. The molecule has 0 aliphatic rings. The van der Waals surface area contributed by atoms with Crippen molar-refractivity contribution in [3.63, 3.8) is 0 Å². The molecule has 0 rings (SSSR count). The molecule has 0 spiro atoms. The Morgan fingerprint density at radius 2 is 1.62 bits per heavy atom. The summed E-state index contributed by atoms with van der Waals surface area (Å²) < 4.78 is 10.3. The van der Waals surface area contributed by atoms with E-state index in [-0.39, 0.29) is 39.1 Å². The van der Waals surface area contributed by atoms with E-state index in [1.54, 1.807) is 0 Å². The molecule has 24 heavy (non-hydrogen) atoms. The number of esters is 1. The third-order valence-corrected chi connectivity index (χ3v) is 3.23. The fraction of sp³-hybridized carbons (Fsp3) is 0.867. The van der Waals surface area contributed by atoms with Crippen LogP contribution in [0.4, 0.5) is 0 Å². The molecule has 9 nitrogen and oxygen atoms in total. The third-order valence-electron chi connectivity index (χ3n) is 3.23. The monoisotopic (exact) mass is 352 g/mol. The highest BCUT2D eigenvalue weighted by atomic mass is 16.6. The zero-order chi connectivity index (χ0) is 18.4. The van der Waals surface area contributed by atoms with Crippen LogP contribution in [0.25, 0.3) is 0 Å². The number of unbranched alkanes of at least 4 members (excludes halogenated alkanes) is 1. The number of hydrogen-bond donors (Lipinski definition) is 5. The van der Waals surface area contributed by atoms with Crippen LogP contribution in [0.5, 0.6) is 0 Å². The van der Waals surface area contributed by atoms with Gasteiger partial charge >= 0.3 is 11.9 Å². The van der Waals surface area contributed by atoms with Gasteiger partial charge in [-0.15, -0.1) is 0 Å². The number of carbonyl (C=O) groups excluding carboxylic acids is 1. The molecule has 0 amide bonds. The largest absolute Gasteiger partial charge is 0.481 e. The highest BCUT2D eigenvalue weighted by Crippen LogP contribution is 2.09. The Labute approximate surface area is 140 Å². The van der Waals surface area contributed by atoms with Crippen LogP contribution in [-0.4, -0.2) is 82.2 Å². The summed E-state index contributed by atoms with van der Waals surface area (Å²) in [7, 11) is 0. The maximum atomic E-state index is 11.6. The molecule has 0 saturated heterocycles. The second-order valence-corrected chi connectivity index (χ2v) is 5.43. The smallest absolute Gasteiger partial charge is 0.305 e. The molecule has 0 fully saturated rings. The first-order valence-electron chi connectivity index (χ1n) is 7.97. The Bertz CT molecular complexity index is 348. The lowest BCUT2D eigenvalue weighted by Gasteiger charge is -2.24. The molecule has 3 unspecified atom stereocenters. The highest BCUT2D eigenvalue weighted by molar-refractivity contribution is 5.69. The second kappa shape index (κ2) is 14.1. The van der Waals surface area contributed by atoms with E-state index in [0.717, 1.165) is 0 Å². The SMILES string of the molecule is O=C(O)CCCCC(=O)OCC(OCC(O)CO)C(O)CCCO. The normalized spacial score (nSPS) is 14.8. The van der Waals surface area contributed by atoms with E-state index >= 15 is 0 Å². The first-order chi connectivity index (χ1) is 11.4. The molecular weight excluding hydrogens is 324 g/mol. The fourth-order valence-corrected chi connectivity index (χ4v) is 1.84. The van der Waals surface area contributed by atoms with Gasteiger partial charge in [0.25, 0.3) is 0 Å². The second-order valence-electron chi connectivity index (χ2n) is 5.43. The van der Waals surface area contributed by atoms with Crippen LogP contribution in [0.1, 0.15) is 38.5 Å². The van der Waals surface area contributed by atoms with Crippen molar-refractivity contribution in [2.75, 3.05) is 26.4 Å². The van der Waals surface area contributed by atoms with Gasteiger partial charge in [-0.05, 0) is 25.7 Å². The molecule has 0 heterocycles. The Morgan fingerprint density at radius 3 is 2.21 bits per heavy atom. The summed E-state index contributed by atoms with van der Waals surface area (Å²) in [6, 6.07) is 0. The lowest BCUT2D eigenvalue weighted by molar-refractivity contribution is -0.154. The first kappa shape index (κ1) is 22.7. The minimum Gasteiger partial charge on any atom is -0.481 e. The zero-order valence-corrected chi connectivity index (χ0v) is 13.7. The summed E-state index contributed by atoms with van der Waals surface area (Å²) in [6.45, 7) is -1.06. The van der Waals surface area contributed by atoms with Crippen LogP contribution in [0.15, 0.2) is 0 Å². The van der Waals surface area contributed by atoms with Crippen molar-refractivity contribution in [2.24, 2.45) is 0 Å². The van der Waals surface area contributed by atoms with Gasteiger partial charge in [-0.2, -0.15) is 0 Å². The summed E-state index contributed by atoms with van der Waals surface area (Å²) in [5.41, 5.74) is 0. The topological polar surface area (TPSA) is 154 Å². The van der Waals surface area contributed by atoms with Gasteiger partial charge in [0.05, 0.1) is 19.3 Å². The van der Waals surface area contributed by atoms with Gasteiger partial charge in [-0.25, -0.2) is 0 Å². The average molecular weight is 352 g/mol. The van der Waals surface area contributed by atoms with Gasteiger partial charge in [-0.3, -0.25) is 9.59 Å². The van der Waals surface area contributed by atoms with Crippen molar-refractivity contribution >= 4 is 11.9 Å². The van der Waals surface area contributed by atoms with Crippen LogP contribution in [-0.2, 0) is 19.1 Å². The van der Waals surface area contributed by atoms with Gasteiger partial charge in [0.2, 0.25) is 0 Å². The first-order valence-corrected chi connectivity index (χ1v) is 7.97. The number of hydrogen-bond acceptors (Lipinski definition) is 8. The molecule has 0 bridgehead atoms. The maximum absolute atomic E-state index is 11.6. The molecule has 9 heteroatoms. The minimum absolute atomic E-state index is 0.0159. The number of carboxylic acid groups (broad SMARTS) is 1. The molecule has 0 aliphatic heterocycles. The van der Waals surface area contributed by atoms with Gasteiger partial charge in [-0.1, -0.05) is 0 Å². The van der Waals surface area contributed by atoms with Crippen molar-refractivity contribution in [2.45, 2.75) is 56.8 Å². The summed E-state index contributed by atoms with van der Waals surface area (Å²) in [6.07, 6.45) is -1.63. The number of ether oxygens (including phenoxy) is 2. The number of aliphatic hydroxyl groups excluding tert-OH is 4. The number of aliphatic hydroxyl groups is 4. The lowest BCUT2D eigenvalue weighted by Crippen LogP contribution is -2.37. The third kappa shape index (κ3) is 12.2. The predicted molar refractivity (Wildman–Crippen MR) is 82.2 cm³/mol. The van der Waals surface area contributed by atoms with Crippen molar-refractivity contribution in [1.29, 1.82) is 0 Å². The lowest BCUT2D eigenvalue weighted by atomic mass is 10.1. The molecular formula is C15H28O9. The van der Waals surface area contributed by atoms with E-state index in [0.29, 0.717) is 19.3 Å². The number of carbonyl (C=O) groups is 2. The van der Waals surface area contributed by atoms with Gasteiger partial charge < -0.3 is 35.0 Å². The van der Waals surface area contributed by atoms with Gasteiger partial charge in [0, 0.05) is 19.4 Å². The molecule has 0 aromatic heterocycles. The Hall–Kier alpha value is -1.26. The van der Waals surface area contributed by atoms with Crippen molar-refractivity contribution in [3.05, 3.63) is 0 Å². The summed E-state index contributed by atoms with van der Waals surface area (Å²) >= 11 is 0. The van der Waals surface area contributed by atoms with E-state index in [2.05, 4.69) is 0 Å². The Morgan fingerprint density at radius 1 is 0.958 bits per heavy atom. The van der Waals surface area contributed by atoms with E-state index in [9.17, 15) is 19.8 Å². The molecule has 5 N–H and O–H groups in total. The van der Waals surface area contributed by atoms with E-state index in [1.165, 1.54) is 0 Å². The molecule has 0 aromatic rings. The molecule has 3 atom stereocenters. The van der Waals surface area contributed by atoms with E-state index in [1.807, 2.05) is 0 Å². The molecule has 0 aromatic carbocycles. The fourth-order valence-electron chi connectivity index (χ4n) is 1.84. The number of rotatable bonds is 15. The van der Waals surface area contributed by atoms with Crippen LogP contribution in [0.2, 0.25) is 0 Å². The Balaban J connectivity index is 4.21. The van der Waals surface area contributed by atoms with Crippen molar-refractivity contribution < 1.29 is 44.6 Å². The van der Waals surface area contributed by atoms with Crippen LogP contribution in [0.3, 0.4) is 0 Å². The summed E-state index contributed by atoms with van der Waals surface area (Å²) in [5, 5.41) is 45.3. The highest BCUT2D eigenvalue weighted by Gasteiger charge is 2.22. The van der Waals surface area contributed by atoms with E-state index in [4.69, 9.17) is 24.8 Å². The quantitative estimate of drug-likeness (QED) is 0.185. The maximum Gasteiger partial charge on any atom is 0.305 e. The van der Waals surface area contributed by atoms with E-state index < -0.39 is 36.9 Å². The Kier molecular flexibility index (Phi) is 13.4. The van der Waals surface area contributed by atoms with Crippen LogP contribution >= 0.6 is 0 Å². The van der Waals surface area contributed by atoms with Crippen LogP contribution < -0.4 is 0 Å². The van der Waals surface area contributed by atoms with Gasteiger partial charge in [0.15, 0.2) is 0 Å². The van der Waals surface area contributed by atoms with Crippen molar-refractivity contribution in [1.82, 2.24) is 0 Å². The number of carboxylic acids is 1. The van der Waals surface area contributed by atoms with Gasteiger partial charge in [0.1, 0.15) is 18.8 Å².